The first-order valence-electron chi connectivity index (χ1n) is 12.7. The number of hydrogen-bond acceptors (Lipinski definition) is 8. The second-order valence-electron chi connectivity index (χ2n) is 10.4. The number of methoxy groups -OCH3 is 1. The molecule has 10 nitrogen and oxygen atoms in total. The number of benzene rings is 2. The Bertz CT molecular complexity index is 1440. The normalized spacial score (nSPS) is 18.0. The lowest BCUT2D eigenvalue weighted by molar-refractivity contribution is -0.792. The molecule has 0 radical (unpaired) electrons. The van der Waals surface area contributed by atoms with E-state index in [1.54, 1.807) is 59.1 Å². The highest BCUT2D eigenvalue weighted by atomic mass is 32.2. The Kier molecular flexibility index (Phi) is 9.13. The number of quaternary nitrogens is 1. The number of esters is 1. The number of rotatable bonds is 10. The smallest absolute Gasteiger partial charge is 0.488 e. The summed E-state index contributed by atoms with van der Waals surface area (Å²) in [5.74, 6) is 0.329. The largest absolute Gasteiger partial charge is 0.524 e. The Morgan fingerprint density at radius 1 is 1.00 bits per heavy atom. The molecule has 0 fully saturated rings. The fraction of sp³-hybridized carbons (Fsp3) is 0.379. The molecule has 1 N–H and O–H groups in total. The van der Waals surface area contributed by atoms with Crippen LogP contribution >= 0.6 is 0 Å². The molecule has 11 heteroatoms. The van der Waals surface area contributed by atoms with Crippen molar-refractivity contribution >= 4 is 27.6 Å². The summed E-state index contributed by atoms with van der Waals surface area (Å²) in [5.41, 5.74) is -0.284. The highest BCUT2D eigenvalue weighted by Crippen LogP contribution is 2.47. The number of allylic oxidation sites excluding steroid dienone is 2. The minimum atomic E-state index is -3.38. The zero-order valence-electron chi connectivity index (χ0n) is 23.8. The summed E-state index contributed by atoms with van der Waals surface area (Å²) in [6, 6.07) is 10.9. The van der Waals surface area contributed by atoms with Crippen LogP contribution in [-0.2, 0) is 24.1 Å². The van der Waals surface area contributed by atoms with Crippen molar-refractivity contribution in [3.05, 3.63) is 65.9 Å². The minimum absolute atomic E-state index is 0.0326. The van der Waals surface area contributed by atoms with E-state index in [0.29, 0.717) is 35.1 Å². The van der Waals surface area contributed by atoms with Crippen LogP contribution in [0.4, 0.5) is 4.79 Å². The first-order chi connectivity index (χ1) is 18.6. The predicted octanol–water partition coefficient (Wildman–Crippen LogP) is 5.39. The van der Waals surface area contributed by atoms with E-state index in [9.17, 15) is 23.1 Å². The Balaban J connectivity index is 2.16. The molecule has 0 saturated heterocycles. The Morgan fingerprint density at radius 3 is 2.15 bits per heavy atom. The molecule has 0 spiro atoms. The van der Waals surface area contributed by atoms with Crippen LogP contribution in [0.15, 0.2) is 65.2 Å². The molecule has 2 aromatic rings. The van der Waals surface area contributed by atoms with Crippen LogP contribution in [0, 0.1) is 0 Å². The third kappa shape index (κ3) is 6.22. The summed E-state index contributed by atoms with van der Waals surface area (Å²) in [7, 11) is -1.83. The third-order valence-corrected chi connectivity index (χ3v) is 7.43. The van der Waals surface area contributed by atoms with Crippen LogP contribution in [0.25, 0.3) is 5.70 Å². The average Bonchev–Trinajstić information content (AvgIpc) is 3.26. The van der Waals surface area contributed by atoms with E-state index in [-0.39, 0.29) is 23.3 Å². The lowest BCUT2D eigenvalue weighted by Gasteiger charge is -2.42. The summed E-state index contributed by atoms with van der Waals surface area (Å²) in [6.45, 7) is 9.07. The van der Waals surface area contributed by atoms with Gasteiger partial charge in [-0.3, -0.25) is 0 Å². The first-order valence-corrected chi connectivity index (χ1v) is 14.6. The van der Waals surface area contributed by atoms with E-state index in [1.807, 2.05) is 6.92 Å². The number of carboxylic acid groups (broad SMARTS) is 1. The number of ether oxygens (including phenoxy) is 4. The van der Waals surface area contributed by atoms with Crippen molar-refractivity contribution < 1.29 is 46.5 Å². The fourth-order valence-electron chi connectivity index (χ4n) is 4.67. The molecule has 1 aliphatic heterocycles. The van der Waals surface area contributed by atoms with Gasteiger partial charge in [-0.15, -0.1) is 4.48 Å². The topological polar surface area (TPSA) is 125 Å². The van der Waals surface area contributed by atoms with Gasteiger partial charge in [-0.05, 0) is 71.0 Å². The Morgan fingerprint density at radius 2 is 1.62 bits per heavy atom. The molecule has 40 heavy (non-hydrogen) atoms. The van der Waals surface area contributed by atoms with Gasteiger partial charge in [0.2, 0.25) is 5.70 Å². The van der Waals surface area contributed by atoms with Crippen LogP contribution in [0.5, 0.6) is 17.2 Å². The highest BCUT2D eigenvalue weighted by Gasteiger charge is 2.60. The molecule has 3 rings (SSSR count). The quantitative estimate of drug-likeness (QED) is 0.294. The Hall–Kier alpha value is -3.67. The molecule has 216 valence electrons. The number of sulfone groups is 1. The van der Waals surface area contributed by atoms with E-state index >= 15 is 0 Å². The zero-order chi connectivity index (χ0) is 29.9. The van der Waals surface area contributed by atoms with Gasteiger partial charge in [0.25, 0.3) is 0 Å². The van der Waals surface area contributed by atoms with Gasteiger partial charge in [0.15, 0.2) is 15.5 Å². The third-order valence-electron chi connectivity index (χ3n) is 6.30. The second kappa shape index (κ2) is 11.8. The van der Waals surface area contributed by atoms with Crippen LogP contribution in [-0.4, -0.2) is 68.3 Å². The van der Waals surface area contributed by atoms with Crippen LogP contribution in [0.2, 0.25) is 0 Å². The second-order valence-corrected chi connectivity index (χ2v) is 12.4. The van der Waals surface area contributed by atoms with E-state index in [1.165, 1.54) is 30.3 Å². The molecule has 2 atom stereocenters. The number of nitrogens with zero attached hydrogens (tertiary/aromatic N) is 1. The van der Waals surface area contributed by atoms with Gasteiger partial charge in [0, 0.05) is 37.1 Å². The molecule has 1 heterocycles. The van der Waals surface area contributed by atoms with Crippen molar-refractivity contribution in [3.8, 4) is 17.2 Å². The zero-order valence-corrected chi connectivity index (χ0v) is 24.6. The van der Waals surface area contributed by atoms with E-state index in [2.05, 4.69) is 0 Å². The van der Waals surface area contributed by atoms with Gasteiger partial charge in [0.05, 0.1) is 18.1 Å². The van der Waals surface area contributed by atoms with Crippen molar-refractivity contribution in [2.45, 2.75) is 51.2 Å². The van der Waals surface area contributed by atoms with Crippen LogP contribution in [0.3, 0.4) is 0 Å². The molecule has 0 aromatic heterocycles. The van der Waals surface area contributed by atoms with E-state index in [0.717, 1.165) is 6.26 Å². The fourth-order valence-corrected chi connectivity index (χ4v) is 5.30. The predicted molar refractivity (Wildman–Crippen MR) is 149 cm³/mol. The SMILES string of the molecule is CCOC(=O)C1=CC=C(c2cc(Oc3ccc(S(C)(=O)=O)cc3)cc(O[C@@H](C)COC)c2)[N+]1(C(=O)O)C(C)(C)C. The number of hydrogen-bond donors (Lipinski definition) is 1. The highest BCUT2D eigenvalue weighted by molar-refractivity contribution is 7.90. The molecule has 1 aliphatic rings. The van der Waals surface area contributed by atoms with Gasteiger partial charge in [0.1, 0.15) is 28.9 Å². The van der Waals surface area contributed by atoms with Gasteiger partial charge in [-0.2, -0.15) is 4.79 Å². The maximum Gasteiger partial charge on any atom is 0.524 e. The average molecular weight is 575 g/mol. The number of amides is 1. The van der Waals surface area contributed by atoms with Crippen LogP contribution in [0.1, 0.15) is 40.2 Å². The standard InChI is InChI=1S/C29H35NO9S/c1-8-37-27(31)26-14-13-25(30(26,28(32)33)29(3,4)5)20-15-22(38-19(2)18-36-6)17-23(16-20)39-21-9-11-24(12-10-21)40(7,34)35/h9-17,19H,8,18H2,1-7H3/p+1/t19-,30?/m0/s1. The van der Waals surface area contributed by atoms with Crippen LogP contribution < -0.4 is 9.47 Å². The molecule has 0 bridgehead atoms. The molecule has 0 saturated carbocycles. The minimum Gasteiger partial charge on any atom is -0.488 e. The monoisotopic (exact) mass is 574 g/mol. The summed E-state index contributed by atoms with van der Waals surface area (Å²) in [5, 5.41) is 10.7. The van der Waals surface area contributed by atoms with Crippen molar-refractivity contribution in [3.63, 3.8) is 0 Å². The van der Waals surface area contributed by atoms with Crippen molar-refractivity contribution in [1.29, 1.82) is 0 Å². The number of carbonyl (C=O) groups excluding carboxylic acids is 1. The lowest BCUT2D eigenvalue weighted by atomic mass is 9.97. The molecular weight excluding hydrogens is 538 g/mol. The summed E-state index contributed by atoms with van der Waals surface area (Å²) < 4.78 is 45.4. The van der Waals surface area contributed by atoms with Crippen molar-refractivity contribution in [2.24, 2.45) is 0 Å². The molecular formula is C29H36NO9S+. The maximum atomic E-state index is 13.1. The van der Waals surface area contributed by atoms with Gasteiger partial charge < -0.3 is 24.1 Å². The van der Waals surface area contributed by atoms with E-state index < -0.39 is 31.9 Å². The lowest BCUT2D eigenvalue weighted by Crippen LogP contribution is -2.61. The molecule has 1 amide bonds. The van der Waals surface area contributed by atoms with E-state index in [4.69, 9.17) is 18.9 Å². The summed E-state index contributed by atoms with van der Waals surface area (Å²) >= 11 is 0. The van der Waals surface area contributed by atoms with Crippen molar-refractivity contribution in [1.82, 2.24) is 0 Å². The summed E-state index contributed by atoms with van der Waals surface area (Å²) in [6.07, 6.45) is 2.59. The Labute approximate surface area is 234 Å². The molecule has 1 unspecified atom stereocenters. The van der Waals surface area contributed by atoms with Crippen molar-refractivity contribution in [2.75, 3.05) is 26.6 Å². The molecule has 2 aromatic carbocycles. The van der Waals surface area contributed by atoms with Gasteiger partial charge in [-0.1, -0.05) is 0 Å². The number of carbonyl (C=O) groups is 2. The summed E-state index contributed by atoms with van der Waals surface area (Å²) in [4.78, 5) is 26.2. The first kappa shape index (κ1) is 30.9. The van der Waals surface area contributed by atoms with Gasteiger partial charge >= 0.3 is 12.1 Å². The molecule has 0 aliphatic carbocycles. The van der Waals surface area contributed by atoms with Gasteiger partial charge in [-0.25, -0.2) is 13.2 Å². The maximum absolute atomic E-state index is 13.1.